The third-order valence-corrected chi connectivity index (χ3v) is 3.22. The van der Waals surface area contributed by atoms with Gasteiger partial charge in [0.15, 0.2) is 0 Å². The minimum Gasteiger partial charge on any atom is -0.497 e. The van der Waals surface area contributed by atoms with E-state index in [4.69, 9.17) is 9.47 Å². The van der Waals surface area contributed by atoms with Crippen molar-refractivity contribution < 1.29 is 9.47 Å². The Morgan fingerprint density at radius 3 is 2.61 bits per heavy atom. The molecule has 1 heterocycles. The molecule has 2 aromatic carbocycles. The van der Waals surface area contributed by atoms with Crippen LogP contribution in [0.4, 0.5) is 0 Å². The quantitative estimate of drug-likeness (QED) is 0.794. The summed E-state index contributed by atoms with van der Waals surface area (Å²) in [6.45, 7) is 3.97. The monoisotopic (exact) mass is 239 g/mol. The predicted octanol–water partition coefficient (Wildman–Crippen LogP) is 3.77. The molecule has 1 radical (unpaired) electrons. The number of methoxy groups -OCH3 is 1. The summed E-state index contributed by atoms with van der Waals surface area (Å²) in [5.41, 5.74) is 4.84. The van der Waals surface area contributed by atoms with E-state index in [0.717, 1.165) is 29.0 Å². The number of fused-ring (bicyclic) bond motifs is 1. The van der Waals surface area contributed by atoms with Crippen molar-refractivity contribution in [1.82, 2.24) is 0 Å². The van der Waals surface area contributed by atoms with Gasteiger partial charge in [0.1, 0.15) is 18.1 Å². The normalized spacial score (nSPS) is 13.0. The first-order valence-corrected chi connectivity index (χ1v) is 6.04. The highest BCUT2D eigenvalue weighted by molar-refractivity contribution is 5.74. The van der Waals surface area contributed by atoms with Crippen molar-refractivity contribution in [1.29, 1.82) is 0 Å². The Morgan fingerprint density at radius 1 is 1.11 bits per heavy atom. The molecular formula is C16H15O2. The molecule has 2 heteroatoms. The summed E-state index contributed by atoms with van der Waals surface area (Å²) in [7, 11) is 1.68. The maximum Gasteiger partial charge on any atom is 0.140 e. The molecule has 1 aliphatic heterocycles. The average molecular weight is 239 g/mol. The predicted molar refractivity (Wildman–Crippen MR) is 71.8 cm³/mol. The molecule has 0 saturated carbocycles. The van der Waals surface area contributed by atoms with E-state index in [1.165, 1.54) is 11.1 Å². The zero-order valence-corrected chi connectivity index (χ0v) is 10.6. The number of rotatable bonds is 2. The fourth-order valence-electron chi connectivity index (χ4n) is 2.34. The Labute approximate surface area is 107 Å². The first-order valence-electron chi connectivity index (χ1n) is 6.04. The first kappa shape index (κ1) is 11.1. The lowest BCUT2D eigenvalue weighted by Crippen LogP contribution is -1.88. The van der Waals surface area contributed by atoms with Crippen LogP contribution in [0.15, 0.2) is 36.4 Å². The molecule has 1 aliphatic rings. The van der Waals surface area contributed by atoms with Gasteiger partial charge in [0, 0.05) is 12.0 Å². The maximum absolute atomic E-state index is 5.64. The Morgan fingerprint density at radius 2 is 1.89 bits per heavy atom. The zero-order chi connectivity index (χ0) is 12.5. The second-order valence-electron chi connectivity index (χ2n) is 4.52. The van der Waals surface area contributed by atoms with Gasteiger partial charge in [-0.3, -0.25) is 0 Å². The molecule has 0 spiro atoms. The van der Waals surface area contributed by atoms with E-state index in [1.807, 2.05) is 18.7 Å². The van der Waals surface area contributed by atoms with E-state index in [1.54, 1.807) is 7.11 Å². The summed E-state index contributed by atoms with van der Waals surface area (Å²) >= 11 is 0. The molecule has 91 valence electrons. The number of aryl methyl sites for hydroxylation is 1. The highest BCUT2D eigenvalue weighted by Gasteiger charge is 2.18. The Hall–Kier alpha value is -1.96. The Bertz CT molecular complexity index is 570. The Kier molecular flexibility index (Phi) is 2.71. The summed E-state index contributed by atoms with van der Waals surface area (Å²) in [6.07, 6.45) is 0.889. The zero-order valence-electron chi connectivity index (χ0n) is 10.6. The standard InChI is InChI=1S/C16H15O2/c1-11-9-13-7-8-18-16(13)15(10-11)12-3-5-14(17-2)6-4-12/h3-6,8-10H,7H2,1-2H3. The van der Waals surface area contributed by atoms with Gasteiger partial charge in [0.2, 0.25) is 0 Å². The van der Waals surface area contributed by atoms with E-state index < -0.39 is 0 Å². The summed E-state index contributed by atoms with van der Waals surface area (Å²) in [4.78, 5) is 0. The van der Waals surface area contributed by atoms with Gasteiger partial charge in [-0.1, -0.05) is 18.2 Å². The van der Waals surface area contributed by atoms with Crippen LogP contribution in [0.1, 0.15) is 11.1 Å². The van der Waals surface area contributed by atoms with Gasteiger partial charge in [-0.25, -0.2) is 0 Å². The van der Waals surface area contributed by atoms with E-state index in [0.29, 0.717) is 0 Å². The van der Waals surface area contributed by atoms with Crippen LogP contribution in [-0.4, -0.2) is 7.11 Å². The summed E-state index contributed by atoms with van der Waals surface area (Å²) in [6, 6.07) is 12.4. The molecule has 3 rings (SSSR count). The Balaban J connectivity index is 2.10. The molecule has 2 aromatic rings. The van der Waals surface area contributed by atoms with Crippen LogP contribution < -0.4 is 9.47 Å². The molecule has 0 amide bonds. The minimum atomic E-state index is 0.871. The molecule has 0 bridgehead atoms. The number of ether oxygens (including phenoxy) is 2. The molecule has 0 saturated heterocycles. The van der Waals surface area contributed by atoms with Gasteiger partial charge in [0.25, 0.3) is 0 Å². The van der Waals surface area contributed by atoms with Crippen LogP contribution in [0.2, 0.25) is 0 Å². The van der Waals surface area contributed by atoms with Crippen LogP contribution >= 0.6 is 0 Å². The third kappa shape index (κ3) is 1.84. The smallest absolute Gasteiger partial charge is 0.140 e. The van der Waals surface area contributed by atoms with E-state index in [-0.39, 0.29) is 0 Å². The molecule has 0 N–H and O–H groups in total. The van der Waals surface area contributed by atoms with Crippen LogP contribution in [0.5, 0.6) is 11.5 Å². The van der Waals surface area contributed by atoms with Crippen molar-refractivity contribution >= 4 is 0 Å². The summed E-state index contributed by atoms with van der Waals surface area (Å²) in [5.74, 6) is 1.86. The highest BCUT2D eigenvalue weighted by Crippen LogP contribution is 2.39. The van der Waals surface area contributed by atoms with Crippen LogP contribution in [-0.2, 0) is 6.42 Å². The fourth-order valence-corrected chi connectivity index (χ4v) is 2.34. The number of benzene rings is 2. The topological polar surface area (TPSA) is 18.5 Å². The fraction of sp³-hybridized carbons (Fsp3) is 0.188. The lowest BCUT2D eigenvalue weighted by atomic mass is 9.98. The van der Waals surface area contributed by atoms with Gasteiger partial charge in [-0.2, -0.15) is 0 Å². The number of hydrogen-bond acceptors (Lipinski definition) is 2. The van der Waals surface area contributed by atoms with Gasteiger partial charge in [-0.15, -0.1) is 0 Å². The van der Waals surface area contributed by atoms with Crippen molar-refractivity contribution in [3.05, 3.63) is 54.1 Å². The number of hydrogen-bond donors (Lipinski definition) is 0. The van der Waals surface area contributed by atoms with Gasteiger partial charge in [-0.05, 0) is 41.8 Å². The maximum atomic E-state index is 5.64. The van der Waals surface area contributed by atoms with Crippen molar-refractivity contribution in [2.24, 2.45) is 0 Å². The van der Waals surface area contributed by atoms with Crippen molar-refractivity contribution in [3.8, 4) is 22.6 Å². The molecule has 18 heavy (non-hydrogen) atoms. The van der Waals surface area contributed by atoms with Gasteiger partial charge >= 0.3 is 0 Å². The second kappa shape index (κ2) is 4.37. The van der Waals surface area contributed by atoms with Crippen LogP contribution in [0.25, 0.3) is 11.1 Å². The lowest BCUT2D eigenvalue weighted by molar-refractivity contribution is 0.415. The van der Waals surface area contributed by atoms with Crippen LogP contribution in [0.3, 0.4) is 0 Å². The van der Waals surface area contributed by atoms with Gasteiger partial charge < -0.3 is 9.47 Å². The molecule has 0 unspecified atom stereocenters. The van der Waals surface area contributed by atoms with E-state index >= 15 is 0 Å². The molecule has 2 nitrogen and oxygen atoms in total. The van der Waals surface area contributed by atoms with Crippen molar-refractivity contribution in [2.45, 2.75) is 13.3 Å². The largest absolute Gasteiger partial charge is 0.497 e. The SMILES string of the molecule is COc1ccc(-c2cc(C)cc3c2O[CH]C3)cc1. The second-order valence-corrected chi connectivity index (χ2v) is 4.52. The van der Waals surface area contributed by atoms with E-state index in [2.05, 4.69) is 31.2 Å². The molecule has 0 aliphatic carbocycles. The van der Waals surface area contributed by atoms with Crippen molar-refractivity contribution in [2.75, 3.05) is 7.11 Å². The highest BCUT2D eigenvalue weighted by atomic mass is 16.5. The van der Waals surface area contributed by atoms with Gasteiger partial charge in [0.05, 0.1) is 7.11 Å². The molecule has 0 fully saturated rings. The lowest BCUT2D eigenvalue weighted by Gasteiger charge is -2.10. The molecule has 0 atom stereocenters. The molecule has 0 aromatic heterocycles. The summed E-state index contributed by atoms with van der Waals surface area (Å²) in [5, 5.41) is 0. The molecular weight excluding hydrogens is 224 g/mol. The first-order chi connectivity index (χ1) is 8.78. The third-order valence-electron chi connectivity index (χ3n) is 3.22. The van der Waals surface area contributed by atoms with Crippen molar-refractivity contribution in [3.63, 3.8) is 0 Å². The average Bonchev–Trinajstić information content (AvgIpc) is 2.86. The summed E-state index contributed by atoms with van der Waals surface area (Å²) < 4.78 is 10.8. The van der Waals surface area contributed by atoms with E-state index in [9.17, 15) is 0 Å². The minimum absolute atomic E-state index is 0.871. The van der Waals surface area contributed by atoms with Crippen LogP contribution in [0, 0.1) is 13.5 Å².